The predicted molar refractivity (Wildman–Crippen MR) is 78.7 cm³/mol. The molecule has 0 atom stereocenters. The van der Waals surface area contributed by atoms with Crippen molar-refractivity contribution in [3.05, 3.63) is 43.1 Å². The van der Waals surface area contributed by atoms with E-state index in [9.17, 15) is 13.2 Å². The lowest BCUT2D eigenvalue weighted by Crippen LogP contribution is -2.09. The lowest BCUT2D eigenvalue weighted by Gasteiger charge is -2.11. The fourth-order valence-corrected chi connectivity index (χ4v) is 2.43. The van der Waals surface area contributed by atoms with E-state index >= 15 is 0 Å². The molecular formula is C11H4F3I2N3. The van der Waals surface area contributed by atoms with Crippen molar-refractivity contribution < 1.29 is 13.2 Å². The average Bonchev–Trinajstić information content (AvgIpc) is 2.68. The lowest BCUT2D eigenvalue weighted by molar-refractivity contribution is -0.137. The number of benzene rings is 1. The van der Waals surface area contributed by atoms with Gasteiger partial charge < -0.3 is 0 Å². The lowest BCUT2D eigenvalue weighted by atomic mass is 10.1. The number of rotatable bonds is 1. The zero-order valence-electron chi connectivity index (χ0n) is 9.04. The Hall–Kier alpha value is -0.830. The molecule has 3 nitrogen and oxygen atoms in total. The molecule has 0 bridgehead atoms. The van der Waals surface area contributed by atoms with Gasteiger partial charge in [0.1, 0.15) is 13.7 Å². The zero-order chi connectivity index (χ0) is 14.2. The van der Waals surface area contributed by atoms with Crippen LogP contribution in [0.4, 0.5) is 13.2 Å². The molecule has 0 fully saturated rings. The first kappa shape index (κ1) is 14.6. The van der Waals surface area contributed by atoms with Crippen LogP contribution in [0.15, 0.2) is 24.5 Å². The van der Waals surface area contributed by atoms with Crippen molar-refractivity contribution in [2.75, 3.05) is 0 Å². The summed E-state index contributed by atoms with van der Waals surface area (Å²) in [4.78, 5) is 4.02. The van der Waals surface area contributed by atoms with Crippen LogP contribution in [0.3, 0.4) is 0 Å². The first-order valence-corrected chi connectivity index (χ1v) is 7.00. The van der Waals surface area contributed by atoms with Gasteiger partial charge in [-0.3, -0.25) is 4.57 Å². The molecule has 1 heterocycles. The molecule has 1 aromatic carbocycles. The standard InChI is InChI=1S/C11H4F3I2N3/c12-11(13,14)8-3-7(2-1-6(8)4-17)19-5-18-9(15)10(19)16/h1-3,5H. The van der Waals surface area contributed by atoms with Gasteiger partial charge in [0.2, 0.25) is 0 Å². The highest BCUT2D eigenvalue weighted by Crippen LogP contribution is 2.33. The van der Waals surface area contributed by atoms with Gasteiger partial charge in [-0.05, 0) is 63.4 Å². The summed E-state index contributed by atoms with van der Waals surface area (Å²) in [6.07, 6.45) is -3.11. The molecule has 0 aliphatic heterocycles. The minimum absolute atomic E-state index is 0.325. The van der Waals surface area contributed by atoms with E-state index in [-0.39, 0.29) is 5.56 Å². The smallest absolute Gasteiger partial charge is 0.293 e. The Labute approximate surface area is 133 Å². The molecule has 19 heavy (non-hydrogen) atoms. The van der Waals surface area contributed by atoms with Crippen LogP contribution in [0, 0.1) is 18.7 Å². The second-order valence-corrected chi connectivity index (χ2v) is 5.58. The third kappa shape index (κ3) is 2.86. The molecule has 0 saturated heterocycles. The van der Waals surface area contributed by atoms with Crippen molar-refractivity contribution in [2.24, 2.45) is 0 Å². The van der Waals surface area contributed by atoms with Crippen LogP contribution in [0.1, 0.15) is 11.1 Å². The number of hydrogen-bond donors (Lipinski definition) is 0. The molecule has 1 aromatic heterocycles. The van der Waals surface area contributed by atoms with Gasteiger partial charge in [0.15, 0.2) is 0 Å². The first-order valence-electron chi connectivity index (χ1n) is 4.84. The van der Waals surface area contributed by atoms with Crippen LogP contribution in [0.25, 0.3) is 5.69 Å². The van der Waals surface area contributed by atoms with Crippen molar-refractivity contribution in [1.82, 2.24) is 9.55 Å². The zero-order valence-corrected chi connectivity index (χ0v) is 13.4. The Balaban J connectivity index is 2.63. The van der Waals surface area contributed by atoms with E-state index in [1.807, 2.05) is 45.2 Å². The molecule has 0 spiro atoms. The fraction of sp³-hybridized carbons (Fsp3) is 0.0909. The maximum Gasteiger partial charge on any atom is 0.417 e. The van der Waals surface area contributed by atoms with Gasteiger partial charge in [-0.25, -0.2) is 4.98 Å². The van der Waals surface area contributed by atoms with E-state index in [2.05, 4.69) is 4.98 Å². The monoisotopic (exact) mass is 489 g/mol. The van der Waals surface area contributed by atoms with E-state index in [1.165, 1.54) is 18.5 Å². The molecule has 0 aliphatic carbocycles. The van der Waals surface area contributed by atoms with Crippen LogP contribution in [-0.2, 0) is 6.18 Å². The fourth-order valence-electron chi connectivity index (χ4n) is 1.51. The molecule has 0 radical (unpaired) electrons. The van der Waals surface area contributed by atoms with Crippen molar-refractivity contribution in [3.63, 3.8) is 0 Å². The summed E-state index contributed by atoms with van der Waals surface area (Å²) >= 11 is 4.00. The van der Waals surface area contributed by atoms with Gasteiger partial charge in [-0.15, -0.1) is 0 Å². The van der Waals surface area contributed by atoms with E-state index < -0.39 is 11.7 Å². The van der Waals surface area contributed by atoms with Crippen molar-refractivity contribution in [3.8, 4) is 11.8 Å². The van der Waals surface area contributed by atoms with Crippen LogP contribution < -0.4 is 0 Å². The number of nitriles is 1. The molecule has 0 unspecified atom stereocenters. The van der Waals surface area contributed by atoms with E-state index in [4.69, 9.17) is 5.26 Å². The summed E-state index contributed by atoms with van der Waals surface area (Å²) in [6, 6.07) is 5.14. The van der Waals surface area contributed by atoms with E-state index in [0.717, 1.165) is 9.77 Å². The van der Waals surface area contributed by atoms with Gasteiger partial charge in [0, 0.05) is 5.69 Å². The Morgan fingerprint density at radius 1 is 1.26 bits per heavy atom. The highest BCUT2D eigenvalue weighted by atomic mass is 127. The predicted octanol–water partition coefficient (Wildman–Crippen LogP) is 3.97. The summed E-state index contributed by atoms with van der Waals surface area (Å²) in [7, 11) is 0. The quantitative estimate of drug-likeness (QED) is 0.570. The summed E-state index contributed by atoms with van der Waals surface area (Å²) in [5, 5.41) is 8.73. The first-order chi connectivity index (χ1) is 8.84. The Morgan fingerprint density at radius 3 is 2.42 bits per heavy atom. The van der Waals surface area contributed by atoms with Crippen LogP contribution >= 0.6 is 45.2 Å². The third-order valence-electron chi connectivity index (χ3n) is 2.38. The molecular weight excluding hydrogens is 485 g/mol. The van der Waals surface area contributed by atoms with Gasteiger partial charge in [-0.2, -0.15) is 18.4 Å². The molecule has 0 aliphatic rings. The number of halogens is 5. The highest BCUT2D eigenvalue weighted by molar-refractivity contribution is 14.1. The second kappa shape index (κ2) is 5.28. The molecule has 0 amide bonds. The Kier molecular flexibility index (Phi) is 4.05. The number of hydrogen-bond acceptors (Lipinski definition) is 2. The summed E-state index contributed by atoms with van der Waals surface area (Å²) in [5.41, 5.74) is -1.00. The number of nitrogens with zero attached hydrogens (tertiary/aromatic N) is 3. The Morgan fingerprint density at radius 2 is 1.95 bits per heavy atom. The summed E-state index contributed by atoms with van der Waals surface area (Å²) < 4.78 is 41.5. The van der Waals surface area contributed by atoms with Gasteiger partial charge >= 0.3 is 6.18 Å². The largest absolute Gasteiger partial charge is 0.417 e. The topological polar surface area (TPSA) is 41.6 Å². The minimum Gasteiger partial charge on any atom is -0.293 e. The van der Waals surface area contributed by atoms with Gasteiger partial charge in [0.05, 0.1) is 17.2 Å². The summed E-state index contributed by atoms with van der Waals surface area (Å²) in [5.74, 6) is 0. The molecule has 8 heteroatoms. The number of aromatic nitrogens is 2. The van der Waals surface area contributed by atoms with Gasteiger partial charge in [0.25, 0.3) is 0 Å². The van der Waals surface area contributed by atoms with Crippen LogP contribution in [0.5, 0.6) is 0 Å². The number of alkyl halides is 3. The van der Waals surface area contributed by atoms with Crippen molar-refractivity contribution in [2.45, 2.75) is 6.18 Å². The maximum atomic E-state index is 12.9. The molecule has 0 saturated carbocycles. The van der Waals surface area contributed by atoms with Gasteiger partial charge in [-0.1, -0.05) is 0 Å². The maximum absolute atomic E-state index is 12.9. The Bertz CT molecular complexity index is 671. The third-order valence-corrected chi connectivity index (χ3v) is 5.23. The minimum atomic E-state index is -4.56. The SMILES string of the molecule is N#Cc1ccc(-n2cnc(I)c2I)cc1C(F)(F)F. The second-order valence-electron chi connectivity index (χ2n) is 3.54. The molecule has 98 valence electrons. The average molecular weight is 489 g/mol. The van der Waals surface area contributed by atoms with Crippen molar-refractivity contribution in [1.29, 1.82) is 5.26 Å². The molecule has 2 aromatic rings. The highest BCUT2D eigenvalue weighted by Gasteiger charge is 2.34. The van der Waals surface area contributed by atoms with E-state index in [1.54, 1.807) is 10.6 Å². The van der Waals surface area contributed by atoms with E-state index in [0.29, 0.717) is 9.39 Å². The van der Waals surface area contributed by atoms with Crippen LogP contribution in [-0.4, -0.2) is 9.55 Å². The summed E-state index contributed by atoms with van der Waals surface area (Å²) in [6.45, 7) is 0. The normalized spacial score (nSPS) is 11.4. The number of imidazole rings is 1. The van der Waals surface area contributed by atoms with Crippen molar-refractivity contribution >= 4 is 45.2 Å². The molecule has 0 N–H and O–H groups in total. The molecule has 2 rings (SSSR count). The van der Waals surface area contributed by atoms with Crippen LogP contribution in [0.2, 0.25) is 0 Å².